The first-order valence-corrected chi connectivity index (χ1v) is 9.99. The number of nitrogens with zero attached hydrogens (tertiary/aromatic N) is 1. The zero-order valence-corrected chi connectivity index (χ0v) is 18.0. The summed E-state index contributed by atoms with van der Waals surface area (Å²) in [4.78, 5) is 17.1. The molecule has 1 heterocycles. The fourth-order valence-electron chi connectivity index (χ4n) is 3.26. The maximum Gasteiger partial charge on any atom is 0.262 e. The second-order valence-electron chi connectivity index (χ2n) is 7.42. The minimum Gasteiger partial charge on any atom is -0.497 e. The third kappa shape index (κ3) is 4.38. The Morgan fingerprint density at radius 2 is 1.87 bits per heavy atom. The molecule has 0 radical (unpaired) electrons. The third-order valence-electron chi connectivity index (χ3n) is 5.27. The first kappa shape index (κ1) is 20.5. The van der Waals surface area contributed by atoms with Gasteiger partial charge in [0.1, 0.15) is 17.0 Å². The summed E-state index contributed by atoms with van der Waals surface area (Å²) in [6.07, 6.45) is 0. The van der Waals surface area contributed by atoms with Crippen LogP contribution in [-0.4, -0.2) is 24.6 Å². The fraction of sp³-hybridized carbons (Fsp3) is 0.200. The van der Waals surface area contributed by atoms with Crippen LogP contribution in [0.25, 0.3) is 22.6 Å². The van der Waals surface area contributed by atoms with E-state index < -0.39 is 0 Å². The Kier molecular flexibility index (Phi) is 5.62. The summed E-state index contributed by atoms with van der Waals surface area (Å²) in [7, 11) is 1.61. The summed E-state index contributed by atoms with van der Waals surface area (Å²) in [5, 5.41) is 2.92. The largest absolute Gasteiger partial charge is 0.497 e. The number of hydrogen-bond acceptors (Lipinski definition) is 5. The minimum atomic E-state index is -0.233. The van der Waals surface area contributed by atoms with Crippen molar-refractivity contribution >= 4 is 22.7 Å². The summed E-state index contributed by atoms with van der Waals surface area (Å²) in [5.74, 6) is 1.67. The average molecular weight is 416 g/mol. The second-order valence-corrected chi connectivity index (χ2v) is 7.42. The van der Waals surface area contributed by atoms with Gasteiger partial charge in [-0.05, 0) is 67.8 Å². The Morgan fingerprint density at radius 3 is 2.68 bits per heavy atom. The highest BCUT2D eigenvalue weighted by Crippen LogP contribution is 2.29. The number of aromatic nitrogens is 1. The normalized spacial score (nSPS) is 10.8. The van der Waals surface area contributed by atoms with E-state index in [0.717, 1.165) is 22.3 Å². The molecule has 4 rings (SSSR count). The quantitative estimate of drug-likeness (QED) is 0.453. The SMILES string of the molecule is COc1ccc2oc(-c3ccc(C)c(NC(=O)COc4cccc(C)c4C)c3)nc2c1. The Morgan fingerprint density at radius 1 is 1.03 bits per heavy atom. The number of amides is 1. The van der Waals surface area contributed by atoms with E-state index in [2.05, 4.69) is 10.3 Å². The van der Waals surface area contributed by atoms with Gasteiger partial charge in [0.05, 0.1) is 7.11 Å². The predicted octanol–water partition coefficient (Wildman–Crippen LogP) is 5.45. The number of aryl methyl sites for hydroxylation is 2. The van der Waals surface area contributed by atoms with Gasteiger partial charge in [0, 0.05) is 17.3 Å². The van der Waals surface area contributed by atoms with Crippen LogP contribution in [0.1, 0.15) is 16.7 Å². The van der Waals surface area contributed by atoms with Gasteiger partial charge in [0.2, 0.25) is 5.89 Å². The first-order chi connectivity index (χ1) is 14.9. The molecule has 0 saturated carbocycles. The number of rotatable bonds is 6. The number of hydrogen-bond donors (Lipinski definition) is 1. The van der Waals surface area contributed by atoms with Gasteiger partial charge in [-0.2, -0.15) is 0 Å². The fourth-order valence-corrected chi connectivity index (χ4v) is 3.26. The van der Waals surface area contributed by atoms with E-state index in [9.17, 15) is 4.79 Å². The van der Waals surface area contributed by atoms with Gasteiger partial charge in [0.15, 0.2) is 12.2 Å². The van der Waals surface area contributed by atoms with Crippen LogP contribution in [0.15, 0.2) is 59.0 Å². The molecule has 4 aromatic rings. The van der Waals surface area contributed by atoms with Crippen molar-refractivity contribution in [2.24, 2.45) is 0 Å². The molecular weight excluding hydrogens is 392 g/mol. The van der Waals surface area contributed by atoms with Gasteiger partial charge in [-0.3, -0.25) is 4.79 Å². The molecule has 6 nitrogen and oxygen atoms in total. The molecule has 0 fully saturated rings. The lowest BCUT2D eigenvalue weighted by Crippen LogP contribution is -2.21. The first-order valence-electron chi connectivity index (χ1n) is 9.99. The van der Waals surface area contributed by atoms with Crippen molar-refractivity contribution in [3.63, 3.8) is 0 Å². The predicted molar refractivity (Wildman–Crippen MR) is 121 cm³/mol. The molecule has 0 aliphatic rings. The molecule has 31 heavy (non-hydrogen) atoms. The molecule has 0 saturated heterocycles. The summed E-state index contributed by atoms with van der Waals surface area (Å²) < 4.78 is 16.8. The van der Waals surface area contributed by atoms with Crippen molar-refractivity contribution in [2.45, 2.75) is 20.8 Å². The zero-order valence-electron chi connectivity index (χ0n) is 18.0. The zero-order chi connectivity index (χ0) is 22.0. The molecule has 3 aromatic carbocycles. The molecule has 0 aliphatic heterocycles. The molecule has 158 valence electrons. The highest BCUT2D eigenvalue weighted by Gasteiger charge is 2.13. The van der Waals surface area contributed by atoms with Crippen LogP contribution in [0, 0.1) is 20.8 Å². The van der Waals surface area contributed by atoms with Gasteiger partial charge in [-0.15, -0.1) is 0 Å². The number of nitrogens with one attached hydrogen (secondary N) is 1. The van der Waals surface area contributed by atoms with Crippen molar-refractivity contribution in [3.05, 3.63) is 71.3 Å². The van der Waals surface area contributed by atoms with Crippen LogP contribution in [0.2, 0.25) is 0 Å². The second kappa shape index (κ2) is 8.52. The minimum absolute atomic E-state index is 0.0728. The van der Waals surface area contributed by atoms with Crippen LogP contribution >= 0.6 is 0 Å². The third-order valence-corrected chi connectivity index (χ3v) is 5.27. The van der Waals surface area contributed by atoms with Crippen molar-refractivity contribution in [3.8, 4) is 23.0 Å². The average Bonchev–Trinajstić information content (AvgIpc) is 3.19. The van der Waals surface area contributed by atoms with Crippen molar-refractivity contribution < 1.29 is 18.7 Å². The molecule has 1 N–H and O–H groups in total. The molecular formula is C25H24N2O4. The van der Waals surface area contributed by atoms with Gasteiger partial charge < -0.3 is 19.2 Å². The highest BCUT2D eigenvalue weighted by atomic mass is 16.5. The van der Waals surface area contributed by atoms with Crippen LogP contribution in [0.4, 0.5) is 5.69 Å². The van der Waals surface area contributed by atoms with Gasteiger partial charge >= 0.3 is 0 Å². The van der Waals surface area contributed by atoms with Crippen molar-refractivity contribution in [1.82, 2.24) is 4.98 Å². The number of methoxy groups -OCH3 is 1. The molecule has 1 aromatic heterocycles. The maximum atomic E-state index is 12.5. The number of benzene rings is 3. The monoisotopic (exact) mass is 416 g/mol. The molecule has 1 amide bonds. The molecule has 6 heteroatoms. The Hall–Kier alpha value is -3.80. The number of ether oxygens (including phenoxy) is 2. The highest BCUT2D eigenvalue weighted by molar-refractivity contribution is 5.93. The summed E-state index contributed by atoms with van der Waals surface area (Å²) in [6, 6.07) is 17.0. The smallest absolute Gasteiger partial charge is 0.262 e. The Balaban J connectivity index is 1.51. The lowest BCUT2D eigenvalue weighted by Gasteiger charge is -2.12. The van der Waals surface area contributed by atoms with E-state index >= 15 is 0 Å². The number of oxazole rings is 1. The van der Waals surface area contributed by atoms with Crippen molar-refractivity contribution in [1.29, 1.82) is 0 Å². The van der Waals surface area contributed by atoms with Crippen LogP contribution in [-0.2, 0) is 4.79 Å². The van der Waals surface area contributed by atoms with E-state index in [0.29, 0.717) is 34.2 Å². The topological polar surface area (TPSA) is 73.6 Å². The Bertz CT molecular complexity index is 1260. The van der Waals surface area contributed by atoms with E-state index in [4.69, 9.17) is 13.9 Å². The van der Waals surface area contributed by atoms with E-state index in [1.165, 1.54) is 0 Å². The molecule has 0 bridgehead atoms. The summed E-state index contributed by atoms with van der Waals surface area (Å²) in [6.45, 7) is 5.85. The lowest BCUT2D eigenvalue weighted by molar-refractivity contribution is -0.118. The summed E-state index contributed by atoms with van der Waals surface area (Å²) in [5.41, 5.74) is 5.92. The van der Waals surface area contributed by atoms with Crippen LogP contribution < -0.4 is 14.8 Å². The molecule has 0 spiro atoms. The summed E-state index contributed by atoms with van der Waals surface area (Å²) >= 11 is 0. The van der Waals surface area contributed by atoms with E-state index in [-0.39, 0.29) is 12.5 Å². The number of carbonyl (C=O) groups is 1. The number of fused-ring (bicyclic) bond motifs is 1. The van der Waals surface area contributed by atoms with Gasteiger partial charge in [0.25, 0.3) is 5.91 Å². The van der Waals surface area contributed by atoms with Crippen LogP contribution in [0.5, 0.6) is 11.5 Å². The molecule has 0 aliphatic carbocycles. The maximum absolute atomic E-state index is 12.5. The molecule has 0 atom stereocenters. The van der Waals surface area contributed by atoms with E-state index in [1.54, 1.807) is 7.11 Å². The van der Waals surface area contributed by atoms with Crippen molar-refractivity contribution in [2.75, 3.05) is 19.0 Å². The number of anilines is 1. The standard InChI is InChI=1S/C25H24N2O4/c1-15-6-5-7-22(17(15)3)30-14-24(28)26-20-12-18(9-8-16(20)2)25-27-21-13-19(29-4)10-11-23(21)31-25/h5-13H,14H2,1-4H3,(H,26,28). The number of carbonyl (C=O) groups excluding carboxylic acids is 1. The van der Waals surface area contributed by atoms with Gasteiger partial charge in [-0.1, -0.05) is 18.2 Å². The molecule has 0 unspecified atom stereocenters. The lowest BCUT2D eigenvalue weighted by atomic mass is 10.1. The van der Waals surface area contributed by atoms with Gasteiger partial charge in [-0.25, -0.2) is 4.98 Å². The Labute approximate surface area is 180 Å². The van der Waals surface area contributed by atoms with E-state index in [1.807, 2.05) is 75.4 Å². The van der Waals surface area contributed by atoms with Crippen LogP contribution in [0.3, 0.4) is 0 Å².